The van der Waals surface area contributed by atoms with E-state index in [0.717, 1.165) is 0 Å². The van der Waals surface area contributed by atoms with Gasteiger partial charge in [0.2, 0.25) is 0 Å². The molecule has 0 bridgehead atoms. The Morgan fingerprint density at radius 1 is 1.29 bits per heavy atom. The lowest BCUT2D eigenvalue weighted by molar-refractivity contribution is -0.00320. The smallest absolute Gasteiger partial charge is 0.407 e. The van der Waals surface area contributed by atoms with Gasteiger partial charge in [-0.1, -0.05) is 0 Å². The van der Waals surface area contributed by atoms with Gasteiger partial charge in [-0.05, 0) is 20.8 Å². The van der Waals surface area contributed by atoms with Crippen molar-refractivity contribution in [1.82, 2.24) is 10.6 Å². The van der Waals surface area contributed by atoms with E-state index in [4.69, 9.17) is 10.5 Å². The molecule has 17 heavy (non-hydrogen) atoms. The van der Waals surface area contributed by atoms with Crippen molar-refractivity contribution < 1.29 is 18.3 Å². The van der Waals surface area contributed by atoms with Gasteiger partial charge in [0.25, 0.3) is 5.92 Å². The van der Waals surface area contributed by atoms with Gasteiger partial charge < -0.3 is 21.1 Å². The van der Waals surface area contributed by atoms with Crippen LogP contribution in [0, 0.1) is 0 Å². The maximum absolute atomic E-state index is 13.2. The SMILES string of the molecule is CC(C)(C)OC(=O)NCC(F)(F)CNCCN. The molecule has 0 aliphatic heterocycles. The van der Waals surface area contributed by atoms with Gasteiger partial charge in [0.1, 0.15) is 5.60 Å². The number of carbonyl (C=O) groups excluding carboxylic acids is 1. The second-order valence-corrected chi connectivity index (χ2v) is 4.68. The third kappa shape index (κ3) is 9.95. The molecule has 0 aromatic carbocycles. The molecule has 1 amide bonds. The van der Waals surface area contributed by atoms with Crippen LogP contribution in [0.15, 0.2) is 0 Å². The highest BCUT2D eigenvalue weighted by molar-refractivity contribution is 5.67. The van der Waals surface area contributed by atoms with Crippen LogP contribution >= 0.6 is 0 Å². The lowest BCUT2D eigenvalue weighted by Crippen LogP contribution is -2.45. The minimum absolute atomic E-state index is 0.287. The van der Waals surface area contributed by atoms with Gasteiger partial charge in [0.15, 0.2) is 0 Å². The fraction of sp³-hybridized carbons (Fsp3) is 0.900. The summed E-state index contributed by atoms with van der Waals surface area (Å²) in [6.07, 6.45) is -0.851. The minimum atomic E-state index is -3.02. The maximum atomic E-state index is 13.2. The quantitative estimate of drug-likeness (QED) is 0.609. The molecule has 0 radical (unpaired) electrons. The Hall–Kier alpha value is -0.950. The number of amides is 1. The summed E-state index contributed by atoms with van der Waals surface area (Å²) in [6.45, 7) is 4.28. The maximum Gasteiger partial charge on any atom is 0.407 e. The molecule has 102 valence electrons. The molecule has 7 heteroatoms. The van der Waals surface area contributed by atoms with Gasteiger partial charge in [-0.2, -0.15) is 0 Å². The van der Waals surface area contributed by atoms with E-state index in [1.54, 1.807) is 20.8 Å². The summed E-state index contributed by atoms with van der Waals surface area (Å²) in [5, 5.41) is 4.50. The highest BCUT2D eigenvalue weighted by Gasteiger charge is 2.29. The molecule has 0 saturated carbocycles. The topological polar surface area (TPSA) is 76.4 Å². The fourth-order valence-corrected chi connectivity index (χ4v) is 0.951. The number of hydrogen-bond donors (Lipinski definition) is 3. The first-order valence-electron chi connectivity index (χ1n) is 5.42. The van der Waals surface area contributed by atoms with Crippen molar-refractivity contribution in [3.05, 3.63) is 0 Å². The number of ether oxygens (including phenoxy) is 1. The Morgan fingerprint density at radius 3 is 2.35 bits per heavy atom. The van der Waals surface area contributed by atoms with E-state index in [-0.39, 0.29) is 6.54 Å². The second-order valence-electron chi connectivity index (χ2n) is 4.68. The van der Waals surface area contributed by atoms with E-state index in [1.165, 1.54) is 0 Å². The average Bonchev–Trinajstić information content (AvgIpc) is 2.13. The predicted octanol–water partition coefficient (Wildman–Crippen LogP) is 0.695. The molecule has 5 nitrogen and oxygen atoms in total. The highest BCUT2D eigenvalue weighted by atomic mass is 19.3. The van der Waals surface area contributed by atoms with E-state index in [2.05, 4.69) is 5.32 Å². The van der Waals surface area contributed by atoms with Gasteiger partial charge in [-0.25, -0.2) is 13.6 Å². The van der Waals surface area contributed by atoms with Crippen molar-refractivity contribution >= 4 is 6.09 Å². The van der Waals surface area contributed by atoms with Crippen molar-refractivity contribution in [1.29, 1.82) is 0 Å². The molecule has 0 heterocycles. The van der Waals surface area contributed by atoms with Crippen LogP contribution in [0.3, 0.4) is 0 Å². The standard InChI is InChI=1S/C10H21F2N3O2/c1-9(2,3)17-8(16)15-7-10(11,12)6-14-5-4-13/h14H,4-7,13H2,1-3H3,(H,15,16). The number of halogens is 2. The van der Waals surface area contributed by atoms with Crippen molar-refractivity contribution in [3.8, 4) is 0 Å². The van der Waals surface area contributed by atoms with Gasteiger partial charge in [0, 0.05) is 13.1 Å². The highest BCUT2D eigenvalue weighted by Crippen LogP contribution is 2.11. The third-order valence-corrected chi connectivity index (χ3v) is 1.59. The Labute approximate surface area is 100 Å². The summed E-state index contributed by atoms with van der Waals surface area (Å²) in [5.41, 5.74) is 4.46. The number of carbonyl (C=O) groups is 1. The lowest BCUT2D eigenvalue weighted by Gasteiger charge is -2.22. The Balaban J connectivity index is 3.88. The van der Waals surface area contributed by atoms with Gasteiger partial charge in [-0.3, -0.25) is 0 Å². The van der Waals surface area contributed by atoms with Crippen LogP contribution in [0.25, 0.3) is 0 Å². The fourth-order valence-electron chi connectivity index (χ4n) is 0.951. The Kier molecular flexibility index (Phi) is 6.33. The number of alkyl halides is 2. The molecule has 0 rings (SSSR count). The first kappa shape index (κ1) is 16.1. The van der Waals surface area contributed by atoms with Crippen LogP contribution in [0.5, 0.6) is 0 Å². The number of nitrogens with one attached hydrogen (secondary N) is 2. The molecule has 0 aliphatic rings. The number of rotatable bonds is 6. The number of hydrogen-bond acceptors (Lipinski definition) is 4. The first-order valence-corrected chi connectivity index (χ1v) is 5.42. The zero-order valence-corrected chi connectivity index (χ0v) is 10.5. The van der Waals surface area contributed by atoms with Crippen molar-refractivity contribution in [3.63, 3.8) is 0 Å². The average molecular weight is 253 g/mol. The minimum Gasteiger partial charge on any atom is -0.444 e. The normalized spacial score (nSPS) is 12.4. The van der Waals surface area contributed by atoms with Crippen LogP contribution < -0.4 is 16.4 Å². The van der Waals surface area contributed by atoms with Crippen LogP contribution in [0.1, 0.15) is 20.8 Å². The molecule has 0 aliphatic carbocycles. The molecule has 0 spiro atoms. The molecule has 0 aromatic heterocycles. The summed E-state index contributed by atoms with van der Waals surface area (Å²) >= 11 is 0. The van der Waals surface area contributed by atoms with E-state index >= 15 is 0 Å². The number of nitrogens with two attached hydrogens (primary N) is 1. The van der Waals surface area contributed by atoms with E-state index in [1.807, 2.05) is 5.32 Å². The monoisotopic (exact) mass is 253 g/mol. The van der Waals surface area contributed by atoms with Crippen LogP contribution in [-0.4, -0.2) is 43.8 Å². The molecule has 0 aromatic rings. The lowest BCUT2D eigenvalue weighted by atomic mass is 10.2. The Morgan fingerprint density at radius 2 is 1.88 bits per heavy atom. The van der Waals surface area contributed by atoms with Crippen molar-refractivity contribution in [2.45, 2.75) is 32.3 Å². The largest absolute Gasteiger partial charge is 0.444 e. The van der Waals surface area contributed by atoms with E-state index in [9.17, 15) is 13.6 Å². The molecule has 0 atom stereocenters. The predicted molar refractivity (Wildman–Crippen MR) is 61.1 cm³/mol. The zero-order chi connectivity index (χ0) is 13.5. The summed E-state index contributed by atoms with van der Waals surface area (Å²) in [5.74, 6) is -3.02. The van der Waals surface area contributed by atoms with Crippen molar-refractivity contribution in [2.24, 2.45) is 5.73 Å². The molecule has 0 fully saturated rings. The van der Waals surface area contributed by atoms with E-state index < -0.39 is 30.7 Å². The molecule has 0 unspecified atom stereocenters. The van der Waals surface area contributed by atoms with Crippen molar-refractivity contribution in [2.75, 3.05) is 26.2 Å². The molecular weight excluding hydrogens is 232 g/mol. The zero-order valence-electron chi connectivity index (χ0n) is 10.5. The van der Waals surface area contributed by atoms with Gasteiger partial charge in [0.05, 0.1) is 13.1 Å². The van der Waals surface area contributed by atoms with Crippen LogP contribution in [0.4, 0.5) is 13.6 Å². The van der Waals surface area contributed by atoms with Gasteiger partial charge in [-0.15, -0.1) is 0 Å². The third-order valence-electron chi connectivity index (χ3n) is 1.59. The molecule has 4 N–H and O–H groups in total. The summed E-state index contributed by atoms with van der Waals surface area (Å²) in [4.78, 5) is 11.1. The summed E-state index contributed by atoms with van der Waals surface area (Å²) < 4.78 is 31.2. The molecular formula is C10H21F2N3O2. The second kappa shape index (κ2) is 6.70. The van der Waals surface area contributed by atoms with Crippen LogP contribution in [0.2, 0.25) is 0 Å². The number of alkyl carbamates (subject to hydrolysis) is 1. The van der Waals surface area contributed by atoms with E-state index in [0.29, 0.717) is 6.54 Å². The van der Waals surface area contributed by atoms with Crippen LogP contribution in [-0.2, 0) is 4.74 Å². The molecule has 0 saturated heterocycles. The first-order chi connectivity index (χ1) is 7.66. The summed E-state index contributed by atoms with van der Waals surface area (Å²) in [6, 6.07) is 0. The van der Waals surface area contributed by atoms with Gasteiger partial charge >= 0.3 is 6.09 Å². The summed E-state index contributed by atoms with van der Waals surface area (Å²) in [7, 11) is 0. The Bertz CT molecular complexity index is 242.